The van der Waals surface area contributed by atoms with Crippen LogP contribution in [-0.4, -0.2) is 13.2 Å². The Morgan fingerprint density at radius 3 is 1.38 bits per heavy atom. The summed E-state index contributed by atoms with van der Waals surface area (Å²) in [6.07, 6.45) is 5.35. The van der Waals surface area contributed by atoms with Crippen LogP contribution in [0.25, 0.3) is 23.3 Å². The standard InChI is InChI=1S/C30H28N2O2/c1-3-15-33-29-19-26(18-28(22-32)24-13-9-6-10-14-24)30(34-16-4-2)20-25(29)17-27(21-31)23-11-7-5-8-12-23/h5-14,17-20H,3-4,15-16H2,1-2H3/b27-17+,28-18+. The van der Waals surface area contributed by atoms with Crippen molar-refractivity contribution in [3.8, 4) is 23.6 Å². The van der Waals surface area contributed by atoms with Gasteiger partial charge in [0.1, 0.15) is 11.5 Å². The molecule has 0 aromatic heterocycles. The number of hydrogen-bond donors (Lipinski definition) is 0. The highest BCUT2D eigenvalue weighted by Gasteiger charge is 2.13. The number of benzene rings is 3. The number of nitriles is 2. The molecular formula is C30H28N2O2. The molecule has 0 spiro atoms. The average molecular weight is 449 g/mol. The molecule has 0 atom stereocenters. The molecule has 0 aliphatic heterocycles. The summed E-state index contributed by atoms with van der Waals surface area (Å²) in [6.45, 7) is 5.16. The van der Waals surface area contributed by atoms with Crippen LogP contribution in [0.5, 0.6) is 11.5 Å². The topological polar surface area (TPSA) is 66.0 Å². The number of ether oxygens (including phenoxy) is 2. The van der Waals surface area contributed by atoms with Crippen molar-refractivity contribution in [3.63, 3.8) is 0 Å². The molecule has 0 fully saturated rings. The van der Waals surface area contributed by atoms with E-state index < -0.39 is 0 Å². The van der Waals surface area contributed by atoms with E-state index in [2.05, 4.69) is 12.1 Å². The summed E-state index contributed by atoms with van der Waals surface area (Å²) in [5.41, 5.74) is 4.26. The lowest BCUT2D eigenvalue weighted by Crippen LogP contribution is -2.02. The second-order valence-electron chi connectivity index (χ2n) is 7.70. The monoisotopic (exact) mass is 448 g/mol. The maximum atomic E-state index is 9.81. The van der Waals surface area contributed by atoms with Gasteiger partial charge in [-0.2, -0.15) is 10.5 Å². The van der Waals surface area contributed by atoms with E-state index in [-0.39, 0.29) is 0 Å². The second kappa shape index (κ2) is 12.7. The van der Waals surface area contributed by atoms with E-state index in [0.717, 1.165) is 35.1 Å². The minimum atomic E-state index is 0.536. The van der Waals surface area contributed by atoms with Gasteiger partial charge in [-0.1, -0.05) is 74.5 Å². The van der Waals surface area contributed by atoms with Crippen LogP contribution in [0.2, 0.25) is 0 Å². The van der Waals surface area contributed by atoms with E-state index in [4.69, 9.17) is 9.47 Å². The molecule has 4 nitrogen and oxygen atoms in total. The van der Waals surface area contributed by atoms with Gasteiger partial charge in [-0.25, -0.2) is 0 Å². The maximum absolute atomic E-state index is 9.81. The molecule has 0 saturated heterocycles. The molecule has 34 heavy (non-hydrogen) atoms. The molecule has 4 heteroatoms. The zero-order valence-corrected chi connectivity index (χ0v) is 19.6. The third-order valence-corrected chi connectivity index (χ3v) is 5.08. The Morgan fingerprint density at radius 2 is 1.06 bits per heavy atom. The molecule has 0 heterocycles. The van der Waals surface area contributed by atoms with Crippen LogP contribution in [0.3, 0.4) is 0 Å². The molecule has 0 bridgehead atoms. The van der Waals surface area contributed by atoms with E-state index in [1.54, 1.807) is 0 Å². The summed E-state index contributed by atoms with van der Waals surface area (Å²) in [5, 5.41) is 19.6. The van der Waals surface area contributed by atoms with Crippen LogP contribution >= 0.6 is 0 Å². The van der Waals surface area contributed by atoms with Crippen LogP contribution in [-0.2, 0) is 0 Å². The predicted molar refractivity (Wildman–Crippen MR) is 138 cm³/mol. The molecular weight excluding hydrogens is 420 g/mol. The lowest BCUT2D eigenvalue weighted by atomic mass is 9.99. The zero-order valence-electron chi connectivity index (χ0n) is 19.6. The van der Waals surface area contributed by atoms with Gasteiger partial charge in [-0.05, 0) is 48.3 Å². The van der Waals surface area contributed by atoms with Crippen molar-refractivity contribution in [2.45, 2.75) is 26.7 Å². The van der Waals surface area contributed by atoms with Gasteiger partial charge in [0.05, 0.1) is 36.5 Å². The Kier molecular flexibility index (Phi) is 9.09. The van der Waals surface area contributed by atoms with Crippen LogP contribution in [0.1, 0.15) is 48.9 Å². The first-order valence-electron chi connectivity index (χ1n) is 11.5. The predicted octanol–water partition coefficient (Wildman–Crippen LogP) is 7.39. The molecule has 0 aliphatic rings. The van der Waals surface area contributed by atoms with E-state index in [0.29, 0.717) is 35.9 Å². The van der Waals surface area contributed by atoms with Gasteiger partial charge in [-0.3, -0.25) is 0 Å². The lowest BCUT2D eigenvalue weighted by Gasteiger charge is -2.15. The van der Waals surface area contributed by atoms with E-state index in [1.807, 2.05) is 98.8 Å². The van der Waals surface area contributed by atoms with Crippen molar-refractivity contribution >= 4 is 23.3 Å². The van der Waals surface area contributed by atoms with Crippen LogP contribution in [0.4, 0.5) is 0 Å². The van der Waals surface area contributed by atoms with Gasteiger partial charge in [0.25, 0.3) is 0 Å². The summed E-state index contributed by atoms with van der Waals surface area (Å²) in [5.74, 6) is 1.29. The average Bonchev–Trinajstić information content (AvgIpc) is 2.89. The minimum Gasteiger partial charge on any atom is -0.493 e. The van der Waals surface area contributed by atoms with Crippen molar-refractivity contribution in [1.82, 2.24) is 0 Å². The highest BCUT2D eigenvalue weighted by Crippen LogP contribution is 2.34. The first-order valence-corrected chi connectivity index (χ1v) is 11.5. The van der Waals surface area contributed by atoms with Gasteiger partial charge in [-0.15, -0.1) is 0 Å². The summed E-state index contributed by atoms with van der Waals surface area (Å²) in [7, 11) is 0. The number of hydrogen-bond acceptors (Lipinski definition) is 4. The van der Waals surface area contributed by atoms with Gasteiger partial charge < -0.3 is 9.47 Å². The highest BCUT2D eigenvalue weighted by atomic mass is 16.5. The van der Waals surface area contributed by atoms with E-state index in [1.165, 1.54) is 0 Å². The van der Waals surface area contributed by atoms with E-state index in [9.17, 15) is 10.5 Å². The molecule has 0 aliphatic carbocycles. The SMILES string of the molecule is CCCOc1cc(/C=C(\C#N)c2ccccc2)c(OCCC)cc1/C=C(\C#N)c1ccccc1. The number of nitrogens with zero attached hydrogens (tertiary/aromatic N) is 2. The minimum absolute atomic E-state index is 0.536. The summed E-state index contributed by atoms with van der Waals surface area (Å²) < 4.78 is 12.1. The van der Waals surface area contributed by atoms with Crippen molar-refractivity contribution in [1.29, 1.82) is 10.5 Å². The molecule has 0 radical (unpaired) electrons. The third-order valence-electron chi connectivity index (χ3n) is 5.08. The molecule has 3 aromatic rings. The first-order chi connectivity index (χ1) is 16.7. The zero-order chi connectivity index (χ0) is 24.2. The van der Waals surface area contributed by atoms with Crippen molar-refractivity contribution in [2.75, 3.05) is 13.2 Å². The largest absolute Gasteiger partial charge is 0.493 e. The van der Waals surface area contributed by atoms with Crippen LogP contribution in [0, 0.1) is 22.7 Å². The Balaban J connectivity index is 2.17. The summed E-state index contributed by atoms with van der Waals surface area (Å²) >= 11 is 0. The molecule has 170 valence electrons. The smallest absolute Gasteiger partial charge is 0.127 e. The first kappa shape index (κ1) is 24.4. The lowest BCUT2D eigenvalue weighted by molar-refractivity contribution is 0.307. The van der Waals surface area contributed by atoms with Gasteiger partial charge >= 0.3 is 0 Å². The number of rotatable bonds is 10. The quantitative estimate of drug-likeness (QED) is 0.239. The molecule has 0 saturated carbocycles. The fourth-order valence-electron chi connectivity index (χ4n) is 3.40. The molecule has 0 amide bonds. The fraction of sp³-hybridized carbons (Fsp3) is 0.200. The molecule has 0 unspecified atom stereocenters. The molecule has 0 N–H and O–H groups in total. The van der Waals surface area contributed by atoms with Gasteiger partial charge in [0.15, 0.2) is 0 Å². The second-order valence-corrected chi connectivity index (χ2v) is 7.70. The Hall–Kier alpha value is -4.28. The maximum Gasteiger partial charge on any atom is 0.127 e. The fourth-order valence-corrected chi connectivity index (χ4v) is 3.40. The van der Waals surface area contributed by atoms with Crippen molar-refractivity contribution in [3.05, 3.63) is 95.1 Å². The van der Waals surface area contributed by atoms with Crippen molar-refractivity contribution in [2.24, 2.45) is 0 Å². The van der Waals surface area contributed by atoms with Crippen molar-refractivity contribution < 1.29 is 9.47 Å². The Labute approximate surface area is 202 Å². The third kappa shape index (κ3) is 6.37. The summed E-state index contributed by atoms with van der Waals surface area (Å²) in [4.78, 5) is 0. The van der Waals surface area contributed by atoms with Gasteiger partial charge in [0, 0.05) is 11.1 Å². The van der Waals surface area contributed by atoms with E-state index >= 15 is 0 Å². The normalized spacial score (nSPS) is 11.4. The van der Waals surface area contributed by atoms with Crippen LogP contribution < -0.4 is 9.47 Å². The number of allylic oxidation sites excluding steroid dienone is 2. The Morgan fingerprint density at radius 1 is 0.676 bits per heavy atom. The molecule has 3 rings (SSSR count). The molecule has 3 aromatic carbocycles. The summed E-state index contributed by atoms with van der Waals surface area (Å²) in [6, 6.07) is 27.5. The Bertz CT molecular complexity index is 1130. The van der Waals surface area contributed by atoms with Crippen LogP contribution in [0.15, 0.2) is 72.8 Å². The van der Waals surface area contributed by atoms with Gasteiger partial charge in [0.2, 0.25) is 0 Å². The highest BCUT2D eigenvalue weighted by molar-refractivity contribution is 5.93.